The summed E-state index contributed by atoms with van der Waals surface area (Å²) in [5.41, 5.74) is 0.479. The van der Waals surface area contributed by atoms with Crippen LogP contribution in [0, 0.1) is 6.92 Å². The van der Waals surface area contributed by atoms with Gasteiger partial charge in [0.05, 0.1) is 7.11 Å². The predicted octanol–water partition coefficient (Wildman–Crippen LogP) is 1.75. The number of methoxy groups -OCH3 is 1. The number of nitrogens with zero attached hydrogens (tertiary/aromatic N) is 1. The fourth-order valence-corrected chi connectivity index (χ4v) is 1.79. The second kappa shape index (κ2) is 7.26. The van der Waals surface area contributed by atoms with E-state index in [-0.39, 0.29) is 24.8 Å². The Morgan fingerprint density at radius 2 is 2.14 bits per heavy atom. The molecule has 0 bridgehead atoms. The molecule has 2 N–H and O–H groups in total. The molecule has 0 aliphatic rings. The number of ether oxygens (including phenoxy) is 1. The van der Waals surface area contributed by atoms with Crippen LogP contribution in [0.1, 0.15) is 22.5 Å². The van der Waals surface area contributed by atoms with Gasteiger partial charge in [0.1, 0.15) is 11.5 Å². The second-order valence-electron chi connectivity index (χ2n) is 4.61. The molecule has 2 rings (SSSR count). The number of amides is 2. The first-order valence-electron chi connectivity index (χ1n) is 6.74. The van der Waals surface area contributed by atoms with Gasteiger partial charge in [-0.15, -0.1) is 0 Å². The number of rotatable bonds is 6. The van der Waals surface area contributed by atoms with Crippen molar-refractivity contribution in [3.63, 3.8) is 0 Å². The maximum absolute atomic E-state index is 11.9. The monoisotopic (exact) mass is 303 g/mol. The van der Waals surface area contributed by atoms with Crippen LogP contribution in [0.3, 0.4) is 0 Å². The summed E-state index contributed by atoms with van der Waals surface area (Å²) in [7, 11) is 1.53. The predicted molar refractivity (Wildman–Crippen MR) is 79.8 cm³/mol. The summed E-state index contributed by atoms with van der Waals surface area (Å²) in [5.74, 6) is 1.07. The first kappa shape index (κ1) is 15.6. The molecule has 0 spiro atoms. The van der Waals surface area contributed by atoms with Crippen LogP contribution >= 0.6 is 0 Å². The zero-order valence-electron chi connectivity index (χ0n) is 12.4. The SMILES string of the molecule is COc1cccc(C(=O)NCCC(=O)Nc2cc(C)on2)c1. The maximum Gasteiger partial charge on any atom is 0.251 e. The molecule has 0 radical (unpaired) electrons. The van der Waals surface area contributed by atoms with Gasteiger partial charge in [-0.05, 0) is 25.1 Å². The smallest absolute Gasteiger partial charge is 0.251 e. The summed E-state index contributed by atoms with van der Waals surface area (Å²) in [6.07, 6.45) is 0.140. The van der Waals surface area contributed by atoms with Crippen molar-refractivity contribution in [1.29, 1.82) is 0 Å². The van der Waals surface area contributed by atoms with Crippen molar-refractivity contribution in [3.8, 4) is 5.75 Å². The van der Waals surface area contributed by atoms with Crippen LogP contribution in [-0.2, 0) is 4.79 Å². The van der Waals surface area contributed by atoms with Gasteiger partial charge in [0, 0.05) is 24.6 Å². The van der Waals surface area contributed by atoms with Gasteiger partial charge >= 0.3 is 0 Å². The molecule has 0 saturated carbocycles. The quantitative estimate of drug-likeness (QED) is 0.848. The van der Waals surface area contributed by atoms with Gasteiger partial charge in [0.2, 0.25) is 5.91 Å². The van der Waals surface area contributed by atoms with E-state index in [1.807, 2.05) is 0 Å². The van der Waals surface area contributed by atoms with E-state index < -0.39 is 0 Å². The average molecular weight is 303 g/mol. The molecular formula is C15H17N3O4. The summed E-state index contributed by atoms with van der Waals surface area (Å²) in [6.45, 7) is 1.95. The molecule has 0 aliphatic carbocycles. The van der Waals surface area contributed by atoms with E-state index in [0.717, 1.165) is 0 Å². The van der Waals surface area contributed by atoms with Crippen molar-refractivity contribution < 1.29 is 18.8 Å². The van der Waals surface area contributed by atoms with Crippen molar-refractivity contribution in [2.24, 2.45) is 0 Å². The van der Waals surface area contributed by atoms with Crippen LogP contribution in [0.25, 0.3) is 0 Å². The Morgan fingerprint density at radius 1 is 1.32 bits per heavy atom. The number of hydrogen-bond acceptors (Lipinski definition) is 5. The number of aromatic nitrogens is 1. The highest BCUT2D eigenvalue weighted by molar-refractivity contribution is 5.95. The molecule has 0 aliphatic heterocycles. The molecule has 1 aromatic heterocycles. The van der Waals surface area contributed by atoms with Crippen LogP contribution in [0.4, 0.5) is 5.82 Å². The van der Waals surface area contributed by atoms with E-state index in [4.69, 9.17) is 9.26 Å². The Labute approximate surface area is 127 Å². The average Bonchev–Trinajstić information content (AvgIpc) is 2.92. The molecule has 1 aromatic carbocycles. The summed E-state index contributed by atoms with van der Waals surface area (Å²) in [4.78, 5) is 23.6. The topological polar surface area (TPSA) is 93.5 Å². The van der Waals surface area contributed by atoms with Crippen molar-refractivity contribution >= 4 is 17.6 Å². The van der Waals surface area contributed by atoms with Gasteiger partial charge < -0.3 is 19.9 Å². The van der Waals surface area contributed by atoms with Gasteiger partial charge in [-0.25, -0.2) is 0 Å². The van der Waals surface area contributed by atoms with Crippen molar-refractivity contribution in [3.05, 3.63) is 41.7 Å². The van der Waals surface area contributed by atoms with Gasteiger partial charge in [-0.3, -0.25) is 9.59 Å². The molecule has 1 heterocycles. The summed E-state index contributed by atoms with van der Waals surface area (Å²) in [5, 5.41) is 8.91. The van der Waals surface area contributed by atoms with Crippen LogP contribution in [-0.4, -0.2) is 30.6 Å². The molecule has 22 heavy (non-hydrogen) atoms. The van der Waals surface area contributed by atoms with Gasteiger partial charge in [-0.1, -0.05) is 11.2 Å². The van der Waals surface area contributed by atoms with Gasteiger partial charge in [-0.2, -0.15) is 0 Å². The van der Waals surface area contributed by atoms with Crippen LogP contribution < -0.4 is 15.4 Å². The minimum atomic E-state index is -0.260. The fourth-order valence-electron chi connectivity index (χ4n) is 1.79. The van der Waals surface area contributed by atoms with Gasteiger partial charge in [0.15, 0.2) is 5.82 Å². The first-order chi connectivity index (χ1) is 10.6. The summed E-state index contributed by atoms with van der Waals surface area (Å²) < 4.78 is 9.90. The number of aryl methyl sites for hydroxylation is 1. The van der Waals surface area contributed by atoms with Crippen LogP contribution in [0.5, 0.6) is 5.75 Å². The van der Waals surface area contributed by atoms with Crippen molar-refractivity contribution in [2.45, 2.75) is 13.3 Å². The summed E-state index contributed by atoms with van der Waals surface area (Å²) in [6, 6.07) is 8.41. The number of anilines is 1. The molecule has 2 amide bonds. The molecule has 0 saturated heterocycles. The second-order valence-corrected chi connectivity index (χ2v) is 4.61. The molecule has 116 valence electrons. The Morgan fingerprint density at radius 3 is 2.82 bits per heavy atom. The highest BCUT2D eigenvalue weighted by Gasteiger charge is 2.09. The lowest BCUT2D eigenvalue weighted by Crippen LogP contribution is -2.27. The van der Waals surface area contributed by atoms with E-state index >= 15 is 0 Å². The zero-order valence-corrected chi connectivity index (χ0v) is 12.4. The number of carbonyl (C=O) groups is 2. The molecule has 7 heteroatoms. The summed E-state index contributed by atoms with van der Waals surface area (Å²) >= 11 is 0. The third kappa shape index (κ3) is 4.34. The molecule has 0 fully saturated rings. The van der Waals surface area contributed by atoms with Crippen molar-refractivity contribution in [2.75, 3.05) is 19.0 Å². The van der Waals surface area contributed by atoms with E-state index in [9.17, 15) is 9.59 Å². The standard InChI is InChI=1S/C15H17N3O4/c1-10-8-13(18-22-10)17-14(19)6-7-16-15(20)11-4-3-5-12(9-11)21-2/h3-5,8-9H,6-7H2,1-2H3,(H,16,20)(H,17,18,19). The molecule has 0 unspecified atom stereocenters. The third-order valence-electron chi connectivity index (χ3n) is 2.87. The van der Waals surface area contributed by atoms with Crippen LogP contribution in [0.15, 0.2) is 34.9 Å². The fraction of sp³-hybridized carbons (Fsp3) is 0.267. The van der Waals surface area contributed by atoms with E-state index in [1.54, 1.807) is 37.3 Å². The minimum absolute atomic E-state index is 0.140. The van der Waals surface area contributed by atoms with Gasteiger partial charge in [0.25, 0.3) is 5.91 Å². The number of nitrogens with one attached hydrogen (secondary N) is 2. The Kier molecular flexibility index (Phi) is 5.13. The highest BCUT2D eigenvalue weighted by Crippen LogP contribution is 2.12. The lowest BCUT2D eigenvalue weighted by Gasteiger charge is -2.06. The van der Waals surface area contributed by atoms with Crippen molar-refractivity contribution in [1.82, 2.24) is 10.5 Å². The molecule has 2 aromatic rings. The zero-order chi connectivity index (χ0) is 15.9. The molecule has 7 nitrogen and oxygen atoms in total. The normalized spacial score (nSPS) is 10.1. The van der Waals surface area contributed by atoms with E-state index in [0.29, 0.717) is 22.9 Å². The van der Waals surface area contributed by atoms with Crippen LogP contribution in [0.2, 0.25) is 0 Å². The Hall–Kier alpha value is -2.83. The number of benzene rings is 1. The lowest BCUT2D eigenvalue weighted by atomic mass is 10.2. The Bertz CT molecular complexity index is 666. The first-order valence-corrected chi connectivity index (χ1v) is 6.74. The molecule has 0 atom stereocenters. The maximum atomic E-state index is 11.9. The number of carbonyl (C=O) groups excluding carboxylic acids is 2. The van der Waals surface area contributed by atoms with E-state index in [2.05, 4.69) is 15.8 Å². The Balaban J connectivity index is 1.77. The number of hydrogen-bond donors (Lipinski definition) is 2. The third-order valence-corrected chi connectivity index (χ3v) is 2.87. The largest absolute Gasteiger partial charge is 0.497 e. The lowest BCUT2D eigenvalue weighted by molar-refractivity contribution is -0.116. The molecular weight excluding hydrogens is 286 g/mol. The highest BCUT2D eigenvalue weighted by atomic mass is 16.5. The minimum Gasteiger partial charge on any atom is -0.497 e. The van der Waals surface area contributed by atoms with E-state index in [1.165, 1.54) is 7.11 Å².